The van der Waals surface area contributed by atoms with Gasteiger partial charge in [-0.1, -0.05) is 23.7 Å². The topological polar surface area (TPSA) is 66.9 Å². The molecule has 2 heterocycles. The number of nitrogens with one attached hydrogen (secondary N) is 2. The standard InChI is InChI=1S/C20H19ClN4O/c21-18-4-1-15(2-5-18)9-12-23-20(26)17-3-6-19(25-14-17)24-13-16-7-10-22-11-8-16/h1-8,10-11,14H,9,12-13H2,(H,23,26)(H,24,25). The summed E-state index contributed by atoms with van der Waals surface area (Å²) in [5, 5.41) is 6.82. The number of amides is 1. The number of benzene rings is 1. The molecule has 3 rings (SSSR count). The van der Waals surface area contributed by atoms with E-state index < -0.39 is 0 Å². The van der Waals surface area contributed by atoms with Gasteiger partial charge < -0.3 is 10.6 Å². The SMILES string of the molecule is O=C(NCCc1ccc(Cl)cc1)c1ccc(NCc2ccncc2)nc1. The second kappa shape index (κ2) is 8.97. The van der Waals surface area contributed by atoms with Crippen molar-refractivity contribution in [3.05, 3.63) is 88.8 Å². The number of hydrogen-bond donors (Lipinski definition) is 2. The van der Waals surface area contributed by atoms with Gasteiger partial charge in [0.25, 0.3) is 5.91 Å². The molecule has 2 N–H and O–H groups in total. The molecule has 1 amide bonds. The third-order valence-electron chi connectivity index (χ3n) is 3.86. The van der Waals surface area contributed by atoms with Crippen LogP contribution in [0.2, 0.25) is 5.02 Å². The number of anilines is 1. The zero-order chi connectivity index (χ0) is 18.2. The third kappa shape index (κ3) is 5.29. The van der Waals surface area contributed by atoms with Crippen molar-refractivity contribution in [2.45, 2.75) is 13.0 Å². The molecule has 0 saturated carbocycles. The number of rotatable bonds is 7. The second-order valence-corrected chi connectivity index (χ2v) is 6.21. The molecule has 0 aliphatic rings. The molecule has 5 nitrogen and oxygen atoms in total. The van der Waals surface area contributed by atoms with Gasteiger partial charge in [0, 0.05) is 36.7 Å². The Morgan fingerprint density at radius 3 is 2.42 bits per heavy atom. The summed E-state index contributed by atoms with van der Waals surface area (Å²) in [6, 6.07) is 15.1. The predicted molar refractivity (Wildman–Crippen MR) is 103 cm³/mol. The zero-order valence-electron chi connectivity index (χ0n) is 14.2. The van der Waals surface area contributed by atoms with Gasteiger partial charge in [-0.3, -0.25) is 9.78 Å². The van der Waals surface area contributed by atoms with Crippen LogP contribution in [0.4, 0.5) is 5.82 Å². The zero-order valence-corrected chi connectivity index (χ0v) is 14.9. The lowest BCUT2D eigenvalue weighted by Crippen LogP contribution is -2.25. The number of hydrogen-bond acceptors (Lipinski definition) is 4. The number of pyridine rings is 2. The first kappa shape index (κ1) is 17.9. The van der Waals surface area contributed by atoms with E-state index in [0.717, 1.165) is 23.4 Å². The average Bonchev–Trinajstić information content (AvgIpc) is 2.69. The Hall–Kier alpha value is -2.92. The molecule has 0 fully saturated rings. The van der Waals surface area contributed by atoms with Crippen LogP contribution in [0.5, 0.6) is 0 Å². The lowest BCUT2D eigenvalue weighted by atomic mass is 10.1. The highest BCUT2D eigenvalue weighted by Crippen LogP contribution is 2.10. The Bertz CT molecular complexity index is 836. The van der Waals surface area contributed by atoms with Crippen LogP contribution < -0.4 is 10.6 Å². The lowest BCUT2D eigenvalue weighted by molar-refractivity contribution is 0.0954. The van der Waals surface area contributed by atoms with Crippen LogP contribution in [0.3, 0.4) is 0 Å². The van der Waals surface area contributed by atoms with Crippen LogP contribution in [-0.2, 0) is 13.0 Å². The molecular weight excluding hydrogens is 348 g/mol. The van der Waals surface area contributed by atoms with Crippen molar-refractivity contribution in [3.8, 4) is 0 Å². The minimum Gasteiger partial charge on any atom is -0.366 e. The molecule has 0 bridgehead atoms. The Labute approximate surface area is 157 Å². The van der Waals surface area contributed by atoms with E-state index >= 15 is 0 Å². The fourth-order valence-corrected chi connectivity index (χ4v) is 2.53. The predicted octanol–water partition coefficient (Wildman–Crippen LogP) is 3.71. The Balaban J connectivity index is 1.46. The van der Waals surface area contributed by atoms with Gasteiger partial charge in [0.15, 0.2) is 0 Å². The van der Waals surface area contributed by atoms with E-state index in [2.05, 4.69) is 20.6 Å². The van der Waals surface area contributed by atoms with Crippen molar-refractivity contribution in [1.29, 1.82) is 0 Å². The fraction of sp³-hybridized carbons (Fsp3) is 0.150. The molecule has 0 saturated heterocycles. The highest BCUT2D eigenvalue weighted by Gasteiger charge is 2.06. The molecule has 132 valence electrons. The lowest BCUT2D eigenvalue weighted by Gasteiger charge is -2.08. The van der Waals surface area contributed by atoms with Crippen LogP contribution in [0.1, 0.15) is 21.5 Å². The van der Waals surface area contributed by atoms with Crippen LogP contribution in [-0.4, -0.2) is 22.4 Å². The molecular formula is C20H19ClN4O. The van der Waals surface area contributed by atoms with Crippen LogP contribution in [0.25, 0.3) is 0 Å². The van der Waals surface area contributed by atoms with E-state index in [1.807, 2.05) is 36.4 Å². The summed E-state index contributed by atoms with van der Waals surface area (Å²) in [5.41, 5.74) is 2.78. The maximum atomic E-state index is 12.2. The summed E-state index contributed by atoms with van der Waals surface area (Å²) < 4.78 is 0. The van der Waals surface area contributed by atoms with Gasteiger partial charge in [-0.2, -0.15) is 0 Å². The van der Waals surface area contributed by atoms with Crippen LogP contribution >= 0.6 is 11.6 Å². The van der Waals surface area contributed by atoms with E-state index in [4.69, 9.17) is 11.6 Å². The number of nitrogens with zero attached hydrogens (tertiary/aromatic N) is 2. The first-order valence-electron chi connectivity index (χ1n) is 8.32. The molecule has 26 heavy (non-hydrogen) atoms. The Morgan fingerprint density at radius 1 is 0.962 bits per heavy atom. The molecule has 0 aliphatic heterocycles. The number of carbonyl (C=O) groups excluding carboxylic acids is 1. The maximum Gasteiger partial charge on any atom is 0.252 e. The molecule has 0 spiro atoms. The summed E-state index contributed by atoms with van der Waals surface area (Å²) in [6.07, 6.45) is 5.83. The van der Waals surface area contributed by atoms with Gasteiger partial charge in [0.1, 0.15) is 5.82 Å². The minimum absolute atomic E-state index is 0.132. The van der Waals surface area contributed by atoms with E-state index in [1.165, 1.54) is 0 Å². The highest BCUT2D eigenvalue weighted by molar-refractivity contribution is 6.30. The van der Waals surface area contributed by atoms with Crippen LogP contribution in [0, 0.1) is 0 Å². The highest BCUT2D eigenvalue weighted by atomic mass is 35.5. The third-order valence-corrected chi connectivity index (χ3v) is 4.11. The minimum atomic E-state index is -0.132. The summed E-state index contributed by atoms with van der Waals surface area (Å²) in [7, 11) is 0. The van der Waals surface area contributed by atoms with Crippen molar-refractivity contribution in [3.63, 3.8) is 0 Å². The van der Waals surface area contributed by atoms with Crippen molar-refractivity contribution in [1.82, 2.24) is 15.3 Å². The molecule has 6 heteroatoms. The van der Waals surface area contributed by atoms with Crippen molar-refractivity contribution < 1.29 is 4.79 Å². The van der Waals surface area contributed by atoms with Gasteiger partial charge in [-0.25, -0.2) is 4.98 Å². The maximum absolute atomic E-state index is 12.2. The fourth-order valence-electron chi connectivity index (χ4n) is 2.40. The quantitative estimate of drug-likeness (QED) is 0.668. The molecule has 2 aromatic heterocycles. The molecule has 3 aromatic rings. The molecule has 0 atom stereocenters. The number of halogens is 1. The second-order valence-electron chi connectivity index (χ2n) is 5.77. The van der Waals surface area contributed by atoms with Gasteiger partial charge in [0.05, 0.1) is 5.56 Å². The Kier molecular flexibility index (Phi) is 6.17. The average molecular weight is 367 g/mol. The van der Waals surface area contributed by atoms with Gasteiger partial charge >= 0.3 is 0 Å². The van der Waals surface area contributed by atoms with E-state index in [1.54, 1.807) is 30.7 Å². The van der Waals surface area contributed by atoms with Crippen molar-refractivity contribution in [2.75, 3.05) is 11.9 Å². The first-order valence-corrected chi connectivity index (χ1v) is 8.70. The van der Waals surface area contributed by atoms with Gasteiger partial charge in [0.2, 0.25) is 0 Å². The monoisotopic (exact) mass is 366 g/mol. The Morgan fingerprint density at radius 2 is 1.73 bits per heavy atom. The normalized spacial score (nSPS) is 10.3. The van der Waals surface area contributed by atoms with Gasteiger partial charge in [-0.05, 0) is 53.9 Å². The summed E-state index contributed by atoms with van der Waals surface area (Å²) >= 11 is 5.86. The number of carbonyl (C=O) groups is 1. The summed E-state index contributed by atoms with van der Waals surface area (Å²) in [4.78, 5) is 20.5. The summed E-state index contributed by atoms with van der Waals surface area (Å²) in [6.45, 7) is 1.21. The number of aromatic nitrogens is 2. The molecule has 0 radical (unpaired) electrons. The van der Waals surface area contributed by atoms with Crippen molar-refractivity contribution >= 4 is 23.3 Å². The van der Waals surface area contributed by atoms with E-state index in [-0.39, 0.29) is 5.91 Å². The van der Waals surface area contributed by atoms with E-state index in [0.29, 0.717) is 23.7 Å². The smallest absolute Gasteiger partial charge is 0.252 e. The van der Waals surface area contributed by atoms with Gasteiger partial charge in [-0.15, -0.1) is 0 Å². The molecule has 1 aromatic carbocycles. The first-order chi connectivity index (χ1) is 12.7. The largest absolute Gasteiger partial charge is 0.366 e. The van der Waals surface area contributed by atoms with Crippen molar-refractivity contribution in [2.24, 2.45) is 0 Å². The summed E-state index contributed by atoms with van der Waals surface area (Å²) in [5.74, 6) is 0.590. The van der Waals surface area contributed by atoms with E-state index in [9.17, 15) is 4.79 Å². The van der Waals surface area contributed by atoms with Crippen LogP contribution in [0.15, 0.2) is 67.1 Å². The molecule has 0 unspecified atom stereocenters. The molecule has 0 aliphatic carbocycles.